The number of rotatable bonds is 2. The molecule has 1 unspecified atom stereocenters. The lowest BCUT2D eigenvalue weighted by molar-refractivity contribution is 0.530. The summed E-state index contributed by atoms with van der Waals surface area (Å²) in [5.74, 6) is 0.631. The first-order valence-corrected chi connectivity index (χ1v) is 5.89. The summed E-state index contributed by atoms with van der Waals surface area (Å²) in [5, 5.41) is -0.299. The van der Waals surface area contributed by atoms with Crippen LogP contribution in [0.15, 0.2) is 28.9 Å². The van der Waals surface area contributed by atoms with E-state index in [-0.39, 0.29) is 11.2 Å². The predicted molar refractivity (Wildman–Crippen MR) is 67.0 cm³/mol. The molecule has 2 aromatic rings. The molecular weight excluding hydrogens is 239 g/mol. The Labute approximate surface area is 105 Å². The van der Waals surface area contributed by atoms with Gasteiger partial charge in [-0.3, -0.25) is 0 Å². The third-order valence-corrected chi connectivity index (χ3v) is 3.41. The van der Waals surface area contributed by atoms with Crippen LogP contribution in [0.5, 0.6) is 0 Å². The molecule has 0 N–H and O–H groups in total. The lowest BCUT2D eigenvalue weighted by atomic mass is 10.00. The molecule has 1 nitrogen and oxygen atoms in total. The van der Waals surface area contributed by atoms with Crippen LogP contribution in [0.4, 0.5) is 4.39 Å². The molecule has 0 amide bonds. The van der Waals surface area contributed by atoms with Crippen LogP contribution in [0.2, 0.25) is 0 Å². The maximum Gasteiger partial charge on any atom is 0.129 e. The second-order valence-corrected chi connectivity index (χ2v) is 4.70. The van der Waals surface area contributed by atoms with Gasteiger partial charge in [0, 0.05) is 5.56 Å². The Kier molecular flexibility index (Phi) is 3.25. The monoisotopic (exact) mass is 252 g/mol. The van der Waals surface area contributed by atoms with Gasteiger partial charge in [0.05, 0.1) is 11.6 Å². The zero-order chi connectivity index (χ0) is 12.6. The summed E-state index contributed by atoms with van der Waals surface area (Å²) >= 11 is 6.39. The number of hydrogen-bond acceptors (Lipinski definition) is 1. The van der Waals surface area contributed by atoms with Crippen molar-refractivity contribution in [2.75, 3.05) is 0 Å². The van der Waals surface area contributed by atoms with Gasteiger partial charge in [0.25, 0.3) is 0 Å². The minimum absolute atomic E-state index is 0.165. The van der Waals surface area contributed by atoms with E-state index in [1.807, 2.05) is 13.0 Å². The maximum absolute atomic E-state index is 13.5. The Bertz CT molecular complexity index is 522. The fourth-order valence-corrected chi connectivity index (χ4v) is 2.32. The molecule has 90 valence electrons. The number of furan rings is 1. The molecule has 3 heteroatoms. The molecule has 0 radical (unpaired) electrons. The van der Waals surface area contributed by atoms with Gasteiger partial charge in [0.1, 0.15) is 11.6 Å². The summed E-state index contributed by atoms with van der Waals surface area (Å²) < 4.78 is 18.8. The standard InChI is InChI=1S/C14H14ClFO/c1-8-6-11(7-9(2)14(8)16)13(15)12-4-5-17-10(12)3/h4-7,13H,1-3H3. The van der Waals surface area contributed by atoms with Crippen molar-refractivity contribution in [3.63, 3.8) is 0 Å². The van der Waals surface area contributed by atoms with E-state index in [0.717, 1.165) is 16.9 Å². The Morgan fingerprint density at radius 3 is 2.24 bits per heavy atom. The zero-order valence-corrected chi connectivity index (χ0v) is 10.8. The van der Waals surface area contributed by atoms with Gasteiger partial charge in [-0.05, 0) is 43.5 Å². The first-order valence-electron chi connectivity index (χ1n) is 5.45. The molecule has 0 fully saturated rings. The minimum Gasteiger partial charge on any atom is -0.469 e. The molecule has 2 rings (SSSR count). The molecule has 0 saturated carbocycles. The predicted octanol–water partition coefficient (Wildman–Crippen LogP) is 4.67. The molecule has 0 aliphatic rings. The van der Waals surface area contributed by atoms with Crippen molar-refractivity contribution in [2.24, 2.45) is 0 Å². The Morgan fingerprint density at radius 1 is 1.18 bits per heavy atom. The SMILES string of the molecule is Cc1cc(C(Cl)c2ccoc2C)cc(C)c1F. The van der Waals surface area contributed by atoms with Gasteiger partial charge < -0.3 is 4.42 Å². The average Bonchev–Trinajstić information content (AvgIpc) is 2.70. The van der Waals surface area contributed by atoms with Gasteiger partial charge in [-0.15, -0.1) is 11.6 Å². The highest BCUT2D eigenvalue weighted by Crippen LogP contribution is 2.33. The molecule has 1 aromatic carbocycles. The highest BCUT2D eigenvalue weighted by molar-refractivity contribution is 6.22. The molecule has 0 spiro atoms. The van der Waals surface area contributed by atoms with Gasteiger partial charge in [0.2, 0.25) is 0 Å². The van der Waals surface area contributed by atoms with Crippen molar-refractivity contribution >= 4 is 11.6 Å². The van der Waals surface area contributed by atoms with Gasteiger partial charge in [0.15, 0.2) is 0 Å². The highest BCUT2D eigenvalue weighted by atomic mass is 35.5. The summed E-state index contributed by atoms with van der Waals surface area (Å²) in [6.07, 6.45) is 1.61. The fourth-order valence-electron chi connectivity index (χ4n) is 1.96. The molecular formula is C14H14ClFO. The van der Waals surface area contributed by atoms with E-state index < -0.39 is 0 Å². The van der Waals surface area contributed by atoms with E-state index >= 15 is 0 Å². The summed E-state index contributed by atoms with van der Waals surface area (Å²) in [6.45, 7) is 5.36. The largest absolute Gasteiger partial charge is 0.469 e. The average molecular weight is 253 g/mol. The second-order valence-electron chi connectivity index (χ2n) is 4.26. The highest BCUT2D eigenvalue weighted by Gasteiger charge is 2.17. The van der Waals surface area contributed by atoms with Crippen LogP contribution >= 0.6 is 11.6 Å². The van der Waals surface area contributed by atoms with Gasteiger partial charge in [-0.25, -0.2) is 4.39 Å². The van der Waals surface area contributed by atoms with Gasteiger partial charge in [-0.1, -0.05) is 12.1 Å². The minimum atomic E-state index is -0.299. The Balaban J connectivity index is 2.45. The fraction of sp³-hybridized carbons (Fsp3) is 0.286. The van der Waals surface area contributed by atoms with Crippen molar-refractivity contribution in [3.8, 4) is 0 Å². The number of alkyl halides is 1. The van der Waals surface area contributed by atoms with Crippen LogP contribution < -0.4 is 0 Å². The lowest BCUT2D eigenvalue weighted by Crippen LogP contribution is -1.97. The second kappa shape index (κ2) is 4.53. The lowest BCUT2D eigenvalue weighted by Gasteiger charge is -2.12. The molecule has 0 aliphatic carbocycles. The topological polar surface area (TPSA) is 13.1 Å². The van der Waals surface area contributed by atoms with Crippen molar-refractivity contribution in [1.29, 1.82) is 0 Å². The normalized spacial score (nSPS) is 12.8. The van der Waals surface area contributed by atoms with Crippen molar-refractivity contribution < 1.29 is 8.81 Å². The van der Waals surface area contributed by atoms with Crippen molar-refractivity contribution in [1.82, 2.24) is 0 Å². The first-order chi connectivity index (χ1) is 8.00. The number of hydrogen-bond donors (Lipinski definition) is 0. The molecule has 1 aromatic heterocycles. The third-order valence-electron chi connectivity index (χ3n) is 2.92. The van der Waals surface area contributed by atoms with E-state index in [2.05, 4.69) is 0 Å². The van der Waals surface area contributed by atoms with Crippen LogP contribution in [-0.2, 0) is 0 Å². The summed E-state index contributed by atoms with van der Waals surface area (Å²) in [4.78, 5) is 0. The van der Waals surface area contributed by atoms with Crippen molar-refractivity contribution in [2.45, 2.75) is 26.1 Å². The van der Waals surface area contributed by atoms with E-state index in [9.17, 15) is 4.39 Å². The summed E-state index contributed by atoms with van der Waals surface area (Å²) in [7, 11) is 0. The number of benzene rings is 1. The van der Waals surface area contributed by atoms with Crippen LogP contribution in [0.3, 0.4) is 0 Å². The van der Waals surface area contributed by atoms with Crippen LogP contribution in [0, 0.1) is 26.6 Å². The molecule has 0 saturated heterocycles. The van der Waals surface area contributed by atoms with Crippen LogP contribution in [0.1, 0.15) is 33.4 Å². The first kappa shape index (κ1) is 12.2. The summed E-state index contributed by atoms with van der Waals surface area (Å²) in [5.41, 5.74) is 3.06. The Hall–Kier alpha value is -1.28. The van der Waals surface area contributed by atoms with Gasteiger partial charge >= 0.3 is 0 Å². The van der Waals surface area contributed by atoms with E-state index in [0.29, 0.717) is 11.1 Å². The number of aryl methyl sites for hydroxylation is 3. The van der Waals surface area contributed by atoms with Crippen LogP contribution in [0.25, 0.3) is 0 Å². The van der Waals surface area contributed by atoms with Crippen molar-refractivity contribution in [3.05, 3.63) is 58.3 Å². The maximum atomic E-state index is 13.5. The smallest absolute Gasteiger partial charge is 0.129 e. The number of halogens is 2. The zero-order valence-electron chi connectivity index (χ0n) is 10.1. The molecule has 0 bridgehead atoms. The van der Waals surface area contributed by atoms with Gasteiger partial charge in [-0.2, -0.15) is 0 Å². The quantitative estimate of drug-likeness (QED) is 0.708. The van der Waals surface area contributed by atoms with Crippen LogP contribution in [-0.4, -0.2) is 0 Å². The van der Waals surface area contributed by atoms with E-state index in [1.54, 1.807) is 32.2 Å². The van der Waals surface area contributed by atoms with E-state index in [4.69, 9.17) is 16.0 Å². The molecule has 1 heterocycles. The molecule has 0 aliphatic heterocycles. The summed E-state index contributed by atoms with van der Waals surface area (Å²) in [6, 6.07) is 5.42. The molecule has 1 atom stereocenters. The Morgan fingerprint density at radius 2 is 1.76 bits per heavy atom. The third kappa shape index (κ3) is 2.22. The molecule has 17 heavy (non-hydrogen) atoms. The van der Waals surface area contributed by atoms with E-state index in [1.165, 1.54) is 0 Å².